The fourth-order valence-electron chi connectivity index (χ4n) is 2.20. The number of nitrogens with one attached hydrogen (secondary N) is 1. The first-order chi connectivity index (χ1) is 9.13. The van der Waals surface area contributed by atoms with Crippen LogP contribution in [-0.4, -0.2) is 86.6 Å². The third-order valence-electron chi connectivity index (χ3n) is 3.94. The second-order valence-corrected chi connectivity index (χ2v) is 5.51. The molecule has 19 heavy (non-hydrogen) atoms. The molecule has 1 rings (SSSR count). The summed E-state index contributed by atoms with van der Waals surface area (Å²) in [6, 6.07) is 0.625. The largest absolute Gasteiger partial charge is 0.390 e. The Morgan fingerprint density at radius 1 is 1.37 bits per heavy atom. The molecule has 0 aliphatic carbocycles. The lowest BCUT2D eigenvalue weighted by molar-refractivity contribution is 0.0149. The van der Waals surface area contributed by atoms with E-state index in [0.717, 1.165) is 45.9 Å². The topological polar surface area (TPSA) is 48.0 Å². The maximum Gasteiger partial charge on any atom is 0.0791 e. The summed E-state index contributed by atoms with van der Waals surface area (Å²) in [6.45, 7) is 11.3. The van der Waals surface area contributed by atoms with E-state index in [0.29, 0.717) is 12.6 Å². The van der Waals surface area contributed by atoms with Crippen LogP contribution >= 0.6 is 0 Å². The molecular weight excluding hydrogens is 242 g/mol. The van der Waals surface area contributed by atoms with Crippen LogP contribution in [0.1, 0.15) is 20.3 Å². The molecule has 1 aliphatic rings. The summed E-state index contributed by atoms with van der Waals surface area (Å²) in [4.78, 5) is 4.61. The molecule has 5 nitrogen and oxygen atoms in total. The zero-order valence-corrected chi connectivity index (χ0v) is 12.8. The van der Waals surface area contributed by atoms with Gasteiger partial charge >= 0.3 is 0 Å². The van der Waals surface area contributed by atoms with Gasteiger partial charge in [-0.2, -0.15) is 0 Å². The van der Waals surface area contributed by atoms with E-state index in [4.69, 9.17) is 4.74 Å². The zero-order chi connectivity index (χ0) is 14.1. The summed E-state index contributed by atoms with van der Waals surface area (Å²) in [7, 11) is 2.15. The third-order valence-corrected chi connectivity index (χ3v) is 3.94. The first-order valence-corrected chi connectivity index (χ1v) is 7.52. The SMILES string of the molecule is CCC(C)N(C)CCNCC(O)CN1CCOCC1. The molecule has 2 atom stereocenters. The van der Waals surface area contributed by atoms with Gasteiger partial charge in [0.25, 0.3) is 0 Å². The number of aliphatic hydroxyl groups excluding tert-OH is 1. The van der Waals surface area contributed by atoms with Crippen molar-refractivity contribution in [2.75, 3.05) is 59.5 Å². The Bertz CT molecular complexity index is 223. The first-order valence-electron chi connectivity index (χ1n) is 7.52. The number of ether oxygens (including phenoxy) is 1. The minimum atomic E-state index is -0.285. The molecule has 114 valence electrons. The molecule has 0 bridgehead atoms. The van der Waals surface area contributed by atoms with E-state index >= 15 is 0 Å². The number of likely N-dealkylation sites (N-methyl/N-ethyl adjacent to an activating group) is 1. The Morgan fingerprint density at radius 3 is 2.68 bits per heavy atom. The lowest BCUT2D eigenvalue weighted by Gasteiger charge is -2.29. The van der Waals surface area contributed by atoms with Crippen LogP contribution in [0.3, 0.4) is 0 Å². The summed E-state index contributed by atoms with van der Waals surface area (Å²) in [6.07, 6.45) is 0.892. The maximum atomic E-state index is 9.96. The highest BCUT2D eigenvalue weighted by atomic mass is 16.5. The molecule has 1 heterocycles. The Morgan fingerprint density at radius 2 is 2.05 bits per heavy atom. The van der Waals surface area contributed by atoms with Gasteiger partial charge in [-0.25, -0.2) is 0 Å². The Hall–Kier alpha value is -0.200. The molecule has 0 spiro atoms. The van der Waals surface area contributed by atoms with Crippen molar-refractivity contribution in [1.82, 2.24) is 15.1 Å². The van der Waals surface area contributed by atoms with E-state index in [9.17, 15) is 5.11 Å². The summed E-state index contributed by atoms with van der Waals surface area (Å²) in [5.74, 6) is 0. The van der Waals surface area contributed by atoms with E-state index in [1.54, 1.807) is 0 Å². The van der Waals surface area contributed by atoms with Crippen molar-refractivity contribution in [2.45, 2.75) is 32.4 Å². The lowest BCUT2D eigenvalue weighted by Crippen LogP contribution is -2.44. The molecule has 0 aromatic carbocycles. The lowest BCUT2D eigenvalue weighted by atomic mass is 10.2. The number of morpholine rings is 1. The maximum absolute atomic E-state index is 9.96. The van der Waals surface area contributed by atoms with Crippen molar-refractivity contribution in [2.24, 2.45) is 0 Å². The van der Waals surface area contributed by atoms with E-state index in [2.05, 4.69) is 36.0 Å². The number of hydrogen-bond donors (Lipinski definition) is 2. The molecule has 0 saturated carbocycles. The summed E-state index contributed by atoms with van der Waals surface area (Å²) in [5.41, 5.74) is 0. The van der Waals surface area contributed by atoms with Crippen molar-refractivity contribution < 1.29 is 9.84 Å². The van der Waals surface area contributed by atoms with Gasteiger partial charge < -0.3 is 20.1 Å². The van der Waals surface area contributed by atoms with Gasteiger partial charge in [0, 0.05) is 45.3 Å². The van der Waals surface area contributed by atoms with Crippen LogP contribution in [0, 0.1) is 0 Å². The standard InChI is InChI=1S/C14H31N3O2/c1-4-13(2)16(3)6-5-15-11-14(18)12-17-7-9-19-10-8-17/h13-15,18H,4-12H2,1-3H3. The third kappa shape index (κ3) is 7.22. The van der Waals surface area contributed by atoms with Crippen LogP contribution < -0.4 is 5.32 Å². The average molecular weight is 273 g/mol. The van der Waals surface area contributed by atoms with Gasteiger partial charge in [-0.15, -0.1) is 0 Å². The van der Waals surface area contributed by atoms with Crippen molar-refractivity contribution in [3.05, 3.63) is 0 Å². The van der Waals surface area contributed by atoms with Gasteiger partial charge in [0.1, 0.15) is 0 Å². The first kappa shape index (κ1) is 16.9. The number of β-amino-alcohol motifs (C(OH)–C–C–N with tert-alkyl or cyclic N) is 1. The fraction of sp³-hybridized carbons (Fsp3) is 1.00. The molecule has 0 aromatic heterocycles. The predicted molar refractivity (Wildman–Crippen MR) is 78.5 cm³/mol. The highest BCUT2D eigenvalue weighted by Gasteiger charge is 2.14. The van der Waals surface area contributed by atoms with Crippen LogP contribution in [-0.2, 0) is 4.74 Å². The minimum Gasteiger partial charge on any atom is -0.390 e. The monoisotopic (exact) mass is 273 g/mol. The van der Waals surface area contributed by atoms with Crippen LogP contribution in [0.25, 0.3) is 0 Å². The summed E-state index contributed by atoms with van der Waals surface area (Å²) < 4.78 is 5.29. The number of nitrogens with zero attached hydrogens (tertiary/aromatic N) is 2. The molecule has 5 heteroatoms. The van der Waals surface area contributed by atoms with Crippen LogP contribution in [0.5, 0.6) is 0 Å². The predicted octanol–water partition coefficient (Wildman–Crippen LogP) is -0.000600. The highest BCUT2D eigenvalue weighted by molar-refractivity contribution is 4.70. The van der Waals surface area contributed by atoms with Gasteiger partial charge in [0.2, 0.25) is 0 Å². The minimum absolute atomic E-state index is 0.285. The van der Waals surface area contributed by atoms with Crippen molar-refractivity contribution >= 4 is 0 Å². The summed E-state index contributed by atoms with van der Waals surface area (Å²) in [5, 5.41) is 13.3. The second kappa shape index (κ2) is 9.66. The Labute approximate surface area is 117 Å². The molecule has 1 fully saturated rings. The molecule has 0 radical (unpaired) electrons. The van der Waals surface area contributed by atoms with Gasteiger partial charge in [-0.1, -0.05) is 6.92 Å². The smallest absolute Gasteiger partial charge is 0.0791 e. The van der Waals surface area contributed by atoms with E-state index < -0.39 is 0 Å². The highest BCUT2D eigenvalue weighted by Crippen LogP contribution is 1.99. The molecule has 1 aliphatic heterocycles. The fourth-order valence-corrected chi connectivity index (χ4v) is 2.20. The normalized spacial score (nSPS) is 20.7. The van der Waals surface area contributed by atoms with E-state index in [-0.39, 0.29) is 6.10 Å². The number of aliphatic hydroxyl groups is 1. The quantitative estimate of drug-likeness (QED) is 0.579. The van der Waals surface area contributed by atoms with E-state index in [1.807, 2.05) is 0 Å². The van der Waals surface area contributed by atoms with Crippen molar-refractivity contribution in [1.29, 1.82) is 0 Å². The number of rotatable bonds is 9. The van der Waals surface area contributed by atoms with E-state index in [1.165, 1.54) is 6.42 Å². The van der Waals surface area contributed by atoms with Gasteiger partial charge in [0.05, 0.1) is 19.3 Å². The zero-order valence-electron chi connectivity index (χ0n) is 12.8. The second-order valence-electron chi connectivity index (χ2n) is 5.51. The summed E-state index contributed by atoms with van der Waals surface area (Å²) >= 11 is 0. The van der Waals surface area contributed by atoms with Crippen LogP contribution in [0.4, 0.5) is 0 Å². The Balaban J connectivity index is 2.01. The van der Waals surface area contributed by atoms with Crippen LogP contribution in [0.2, 0.25) is 0 Å². The number of hydrogen-bond acceptors (Lipinski definition) is 5. The molecule has 0 amide bonds. The van der Waals surface area contributed by atoms with Crippen LogP contribution in [0.15, 0.2) is 0 Å². The van der Waals surface area contributed by atoms with Crippen molar-refractivity contribution in [3.63, 3.8) is 0 Å². The van der Waals surface area contributed by atoms with Gasteiger partial charge in [-0.3, -0.25) is 4.90 Å². The van der Waals surface area contributed by atoms with Gasteiger partial charge in [0.15, 0.2) is 0 Å². The molecule has 2 unspecified atom stereocenters. The Kier molecular flexibility index (Phi) is 8.57. The van der Waals surface area contributed by atoms with Crippen molar-refractivity contribution in [3.8, 4) is 0 Å². The average Bonchev–Trinajstić information content (AvgIpc) is 2.43. The molecule has 0 aromatic rings. The molecule has 1 saturated heterocycles. The molecular formula is C14H31N3O2. The molecule has 2 N–H and O–H groups in total. The van der Waals surface area contributed by atoms with Gasteiger partial charge in [-0.05, 0) is 20.4 Å².